The Morgan fingerprint density at radius 3 is 3.00 bits per heavy atom. The SMILES string of the molecule is CCNC(=O)C1CNCCN1C(=O)c1cccc(I)c1. The van der Waals surface area contributed by atoms with Gasteiger partial charge in [0.05, 0.1) is 0 Å². The van der Waals surface area contributed by atoms with Crippen molar-refractivity contribution in [2.24, 2.45) is 0 Å². The summed E-state index contributed by atoms with van der Waals surface area (Å²) in [6, 6.07) is 7.00. The number of likely N-dealkylation sites (N-methyl/N-ethyl adjacent to an activating group) is 1. The van der Waals surface area contributed by atoms with E-state index in [9.17, 15) is 9.59 Å². The fourth-order valence-electron chi connectivity index (χ4n) is 2.26. The number of amides is 2. The smallest absolute Gasteiger partial charge is 0.254 e. The fourth-order valence-corrected chi connectivity index (χ4v) is 2.80. The zero-order valence-electron chi connectivity index (χ0n) is 11.4. The molecule has 0 aliphatic carbocycles. The van der Waals surface area contributed by atoms with Crippen LogP contribution in [-0.2, 0) is 4.79 Å². The number of halogens is 1. The lowest BCUT2D eigenvalue weighted by atomic mass is 10.1. The maximum absolute atomic E-state index is 12.6. The van der Waals surface area contributed by atoms with E-state index in [-0.39, 0.29) is 11.8 Å². The molecule has 0 saturated carbocycles. The third-order valence-corrected chi connectivity index (χ3v) is 3.90. The van der Waals surface area contributed by atoms with Gasteiger partial charge in [0, 0.05) is 35.3 Å². The number of nitrogens with one attached hydrogen (secondary N) is 2. The summed E-state index contributed by atoms with van der Waals surface area (Å²) in [4.78, 5) is 26.3. The Kier molecular flexibility index (Phi) is 5.36. The van der Waals surface area contributed by atoms with E-state index in [1.165, 1.54) is 0 Å². The number of benzene rings is 1. The van der Waals surface area contributed by atoms with Crippen molar-refractivity contribution in [2.45, 2.75) is 13.0 Å². The molecule has 1 aromatic rings. The Balaban J connectivity index is 2.19. The molecule has 0 aromatic heterocycles. The summed E-state index contributed by atoms with van der Waals surface area (Å²) in [5.74, 6) is -0.181. The number of hydrogen-bond acceptors (Lipinski definition) is 3. The molecule has 2 amide bonds. The van der Waals surface area contributed by atoms with E-state index in [0.29, 0.717) is 31.7 Å². The van der Waals surface area contributed by atoms with Crippen LogP contribution in [0.25, 0.3) is 0 Å². The Labute approximate surface area is 132 Å². The lowest BCUT2D eigenvalue weighted by molar-refractivity contribution is -0.126. The second kappa shape index (κ2) is 7.03. The molecule has 1 fully saturated rings. The minimum absolute atomic E-state index is 0.0822. The maximum Gasteiger partial charge on any atom is 0.254 e. The third kappa shape index (κ3) is 3.49. The first-order chi connectivity index (χ1) is 9.63. The predicted molar refractivity (Wildman–Crippen MR) is 85.5 cm³/mol. The number of hydrogen-bond donors (Lipinski definition) is 2. The number of carbonyl (C=O) groups excluding carboxylic acids is 2. The van der Waals surface area contributed by atoms with Crippen LogP contribution in [0.3, 0.4) is 0 Å². The molecule has 1 aromatic carbocycles. The molecule has 1 saturated heterocycles. The number of nitrogens with zero attached hydrogens (tertiary/aromatic N) is 1. The van der Waals surface area contributed by atoms with Crippen molar-refractivity contribution < 1.29 is 9.59 Å². The average Bonchev–Trinajstić information content (AvgIpc) is 2.47. The van der Waals surface area contributed by atoms with E-state index in [2.05, 4.69) is 33.2 Å². The molecule has 0 radical (unpaired) electrons. The van der Waals surface area contributed by atoms with Crippen molar-refractivity contribution in [3.63, 3.8) is 0 Å². The Morgan fingerprint density at radius 2 is 2.30 bits per heavy atom. The van der Waals surface area contributed by atoms with Gasteiger partial charge in [-0.15, -0.1) is 0 Å². The highest BCUT2D eigenvalue weighted by molar-refractivity contribution is 14.1. The van der Waals surface area contributed by atoms with Gasteiger partial charge in [-0.05, 0) is 47.7 Å². The first-order valence-electron chi connectivity index (χ1n) is 6.68. The lowest BCUT2D eigenvalue weighted by Crippen LogP contribution is -2.59. The summed E-state index contributed by atoms with van der Waals surface area (Å²) in [6.45, 7) is 4.21. The summed E-state index contributed by atoms with van der Waals surface area (Å²) in [5, 5.41) is 5.95. The highest BCUT2D eigenvalue weighted by atomic mass is 127. The summed E-state index contributed by atoms with van der Waals surface area (Å²) >= 11 is 2.18. The van der Waals surface area contributed by atoms with E-state index in [0.717, 1.165) is 3.57 Å². The van der Waals surface area contributed by atoms with Crippen LogP contribution >= 0.6 is 22.6 Å². The summed E-state index contributed by atoms with van der Waals surface area (Å²) in [7, 11) is 0. The molecule has 1 unspecified atom stereocenters. The van der Waals surface area contributed by atoms with Gasteiger partial charge in [0.2, 0.25) is 5.91 Å². The molecule has 0 spiro atoms. The van der Waals surface area contributed by atoms with Crippen LogP contribution < -0.4 is 10.6 Å². The van der Waals surface area contributed by atoms with Crippen molar-refractivity contribution in [1.82, 2.24) is 15.5 Å². The number of rotatable bonds is 3. The molecule has 20 heavy (non-hydrogen) atoms. The van der Waals surface area contributed by atoms with Gasteiger partial charge in [-0.2, -0.15) is 0 Å². The first-order valence-corrected chi connectivity index (χ1v) is 7.76. The molecular weight excluding hydrogens is 369 g/mol. The fraction of sp³-hybridized carbons (Fsp3) is 0.429. The van der Waals surface area contributed by atoms with E-state index in [4.69, 9.17) is 0 Å². The Bertz CT molecular complexity index is 507. The molecule has 1 aliphatic rings. The quantitative estimate of drug-likeness (QED) is 0.756. The zero-order chi connectivity index (χ0) is 14.5. The second-order valence-corrected chi connectivity index (χ2v) is 5.87. The van der Waals surface area contributed by atoms with Gasteiger partial charge in [0.25, 0.3) is 5.91 Å². The van der Waals surface area contributed by atoms with Crippen molar-refractivity contribution in [2.75, 3.05) is 26.2 Å². The first kappa shape index (κ1) is 15.2. The molecule has 108 valence electrons. The van der Waals surface area contributed by atoms with Gasteiger partial charge in [0.15, 0.2) is 0 Å². The van der Waals surface area contributed by atoms with Crippen LogP contribution in [-0.4, -0.2) is 48.9 Å². The maximum atomic E-state index is 12.6. The van der Waals surface area contributed by atoms with Gasteiger partial charge in [0.1, 0.15) is 6.04 Å². The van der Waals surface area contributed by atoms with Crippen molar-refractivity contribution >= 4 is 34.4 Å². The zero-order valence-corrected chi connectivity index (χ0v) is 13.5. The van der Waals surface area contributed by atoms with Gasteiger partial charge >= 0.3 is 0 Å². The van der Waals surface area contributed by atoms with Crippen LogP contribution in [0.2, 0.25) is 0 Å². The molecule has 1 aliphatic heterocycles. The van der Waals surface area contributed by atoms with Crippen LogP contribution in [0.4, 0.5) is 0 Å². The van der Waals surface area contributed by atoms with E-state index < -0.39 is 6.04 Å². The topological polar surface area (TPSA) is 61.4 Å². The van der Waals surface area contributed by atoms with Crippen LogP contribution in [0, 0.1) is 3.57 Å². The van der Waals surface area contributed by atoms with E-state index in [1.807, 2.05) is 25.1 Å². The summed E-state index contributed by atoms with van der Waals surface area (Å²) < 4.78 is 1.01. The summed E-state index contributed by atoms with van der Waals surface area (Å²) in [6.07, 6.45) is 0. The Morgan fingerprint density at radius 1 is 1.50 bits per heavy atom. The number of carbonyl (C=O) groups is 2. The van der Waals surface area contributed by atoms with Gasteiger partial charge in [-0.1, -0.05) is 6.07 Å². The lowest BCUT2D eigenvalue weighted by Gasteiger charge is -2.35. The minimum atomic E-state index is -0.436. The van der Waals surface area contributed by atoms with Crippen LogP contribution in [0.15, 0.2) is 24.3 Å². The van der Waals surface area contributed by atoms with E-state index in [1.54, 1.807) is 11.0 Å². The van der Waals surface area contributed by atoms with Crippen molar-refractivity contribution in [1.29, 1.82) is 0 Å². The largest absolute Gasteiger partial charge is 0.355 e. The molecule has 5 nitrogen and oxygen atoms in total. The normalized spacial score (nSPS) is 18.7. The minimum Gasteiger partial charge on any atom is -0.355 e. The molecule has 6 heteroatoms. The van der Waals surface area contributed by atoms with E-state index >= 15 is 0 Å². The molecule has 1 atom stereocenters. The highest BCUT2D eigenvalue weighted by Gasteiger charge is 2.32. The van der Waals surface area contributed by atoms with Gasteiger partial charge in [-0.25, -0.2) is 0 Å². The average molecular weight is 387 g/mol. The highest BCUT2D eigenvalue weighted by Crippen LogP contribution is 2.13. The van der Waals surface area contributed by atoms with Gasteiger partial charge in [-0.3, -0.25) is 9.59 Å². The van der Waals surface area contributed by atoms with Crippen molar-refractivity contribution in [3.8, 4) is 0 Å². The molecule has 1 heterocycles. The molecule has 0 bridgehead atoms. The Hall–Kier alpha value is -1.15. The number of piperazine rings is 1. The second-order valence-electron chi connectivity index (χ2n) is 4.62. The molecule has 2 N–H and O–H groups in total. The predicted octanol–water partition coefficient (Wildman–Crippen LogP) is 0.841. The van der Waals surface area contributed by atoms with Crippen LogP contribution in [0.5, 0.6) is 0 Å². The standard InChI is InChI=1S/C14H18IN3O2/c1-2-17-13(19)12-9-16-6-7-18(12)14(20)10-4-3-5-11(15)8-10/h3-5,8,12,16H,2,6-7,9H2,1H3,(H,17,19). The molecule has 2 rings (SSSR count). The van der Waals surface area contributed by atoms with Crippen molar-refractivity contribution in [3.05, 3.63) is 33.4 Å². The van der Waals surface area contributed by atoms with Gasteiger partial charge < -0.3 is 15.5 Å². The third-order valence-electron chi connectivity index (χ3n) is 3.23. The monoisotopic (exact) mass is 387 g/mol. The van der Waals surface area contributed by atoms with Crippen LogP contribution in [0.1, 0.15) is 17.3 Å². The molecular formula is C14H18IN3O2. The summed E-state index contributed by atoms with van der Waals surface area (Å²) in [5.41, 5.74) is 0.632.